The van der Waals surface area contributed by atoms with Crippen molar-refractivity contribution in [2.45, 2.75) is 44.4 Å². The maximum Gasteiger partial charge on any atom is 0.306 e. The largest absolute Gasteiger partial charge is 0.466 e. The number of benzene rings is 1. The van der Waals surface area contributed by atoms with Gasteiger partial charge in [-0.25, -0.2) is 8.42 Å². The molecule has 10 heteroatoms. The highest BCUT2D eigenvalue weighted by atomic mass is 32.2. The van der Waals surface area contributed by atoms with Gasteiger partial charge in [-0.1, -0.05) is 17.7 Å². The molecular weight excluding hydrogens is 398 g/mol. The van der Waals surface area contributed by atoms with Gasteiger partial charge in [0.2, 0.25) is 21.8 Å². The molecule has 2 rings (SSSR count). The highest BCUT2D eigenvalue weighted by Gasteiger charge is 2.33. The number of nitrogens with zero attached hydrogens (tertiary/aromatic N) is 1. The molecule has 1 heterocycles. The molecule has 0 aromatic heterocycles. The van der Waals surface area contributed by atoms with E-state index < -0.39 is 33.7 Å². The van der Waals surface area contributed by atoms with Gasteiger partial charge in [-0.05, 0) is 38.8 Å². The van der Waals surface area contributed by atoms with Crippen molar-refractivity contribution in [1.82, 2.24) is 15.2 Å². The Bertz CT molecular complexity index is 838. The number of rotatable bonds is 7. The summed E-state index contributed by atoms with van der Waals surface area (Å²) in [6.07, 6.45) is 0.865. The zero-order chi connectivity index (χ0) is 21.4. The van der Waals surface area contributed by atoms with E-state index in [1.807, 2.05) is 6.92 Å². The second-order valence-corrected chi connectivity index (χ2v) is 8.80. The van der Waals surface area contributed by atoms with E-state index in [0.29, 0.717) is 19.4 Å². The van der Waals surface area contributed by atoms with Crippen LogP contribution in [0.1, 0.15) is 38.2 Å². The van der Waals surface area contributed by atoms with Crippen LogP contribution in [-0.2, 0) is 29.1 Å². The number of hydrogen-bond donors (Lipinski definition) is 2. The fourth-order valence-corrected chi connectivity index (χ4v) is 4.50. The molecule has 1 aromatic carbocycles. The minimum Gasteiger partial charge on any atom is -0.466 e. The normalized spacial score (nSPS) is 17.4. The number of sulfonamides is 1. The van der Waals surface area contributed by atoms with Gasteiger partial charge in [-0.3, -0.25) is 25.2 Å². The molecule has 0 saturated carbocycles. The van der Waals surface area contributed by atoms with E-state index in [1.165, 1.54) is 4.31 Å². The summed E-state index contributed by atoms with van der Waals surface area (Å²) in [6, 6.07) is 6.57. The Labute approximate surface area is 170 Å². The average Bonchev–Trinajstić information content (AvgIpc) is 2.71. The van der Waals surface area contributed by atoms with Crippen molar-refractivity contribution in [3.8, 4) is 0 Å². The van der Waals surface area contributed by atoms with Gasteiger partial charge in [0.15, 0.2) is 0 Å². The number of amides is 2. The molecule has 160 valence electrons. The predicted octanol–water partition coefficient (Wildman–Crippen LogP) is 0.886. The number of nitrogens with one attached hydrogen (secondary N) is 2. The Morgan fingerprint density at radius 3 is 2.48 bits per heavy atom. The van der Waals surface area contributed by atoms with Crippen molar-refractivity contribution in [3.05, 3.63) is 29.8 Å². The summed E-state index contributed by atoms with van der Waals surface area (Å²) in [7, 11) is -3.69. The lowest BCUT2D eigenvalue weighted by Crippen LogP contribution is -2.50. The van der Waals surface area contributed by atoms with Gasteiger partial charge in [-0.2, -0.15) is 4.31 Å². The summed E-state index contributed by atoms with van der Waals surface area (Å²) in [5.74, 6) is -2.04. The highest BCUT2D eigenvalue weighted by Crippen LogP contribution is 2.24. The summed E-state index contributed by atoms with van der Waals surface area (Å²) in [4.78, 5) is 35.5. The van der Waals surface area contributed by atoms with Crippen LogP contribution in [0.5, 0.6) is 0 Å². The van der Waals surface area contributed by atoms with Crippen LogP contribution in [0.4, 0.5) is 0 Å². The zero-order valence-electron chi connectivity index (χ0n) is 16.6. The predicted molar refractivity (Wildman–Crippen MR) is 105 cm³/mol. The van der Waals surface area contributed by atoms with Crippen LogP contribution in [-0.4, -0.2) is 50.2 Å². The summed E-state index contributed by atoms with van der Waals surface area (Å²) in [6.45, 7) is 4.16. The fourth-order valence-electron chi connectivity index (χ4n) is 2.98. The van der Waals surface area contributed by atoms with E-state index in [2.05, 4.69) is 10.9 Å². The molecule has 1 atom stereocenters. The van der Waals surface area contributed by atoms with Crippen LogP contribution in [0.2, 0.25) is 0 Å². The summed E-state index contributed by atoms with van der Waals surface area (Å²) < 4.78 is 31.7. The molecule has 0 unspecified atom stereocenters. The first kappa shape index (κ1) is 22.8. The summed E-state index contributed by atoms with van der Waals surface area (Å²) in [5, 5.41) is 0. The van der Waals surface area contributed by atoms with Gasteiger partial charge in [0, 0.05) is 19.5 Å². The van der Waals surface area contributed by atoms with Crippen LogP contribution in [0.25, 0.3) is 0 Å². The smallest absolute Gasteiger partial charge is 0.306 e. The second kappa shape index (κ2) is 10.4. The monoisotopic (exact) mass is 425 g/mol. The third-order valence-corrected chi connectivity index (χ3v) is 6.48. The first-order valence-electron chi connectivity index (χ1n) is 9.55. The first-order chi connectivity index (χ1) is 13.7. The number of carbonyl (C=O) groups is 3. The first-order valence-corrected chi connectivity index (χ1v) is 11.0. The molecule has 1 aromatic rings. The number of ether oxygens (including phenoxy) is 1. The van der Waals surface area contributed by atoms with Crippen molar-refractivity contribution in [3.63, 3.8) is 0 Å². The number of aryl methyl sites for hydroxylation is 1. The second-order valence-electron chi connectivity index (χ2n) is 6.86. The maximum absolute atomic E-state index is 12.8. The maximum atomic E-state index is 12.8. The molecule has 29 heavy (non-hydrogen) atoms. The number of carbonyl (C=O) groups excluding carboxylic acids is 3. The molecule has 1 aliphatic heterocycles. The Morgan fingerprint density at radius 2 is 1.83 bits per heavy atom. The Kier molecular flexibility index (Phi) is 8.15. The zero-order valence-corrected chi connectivity index (χ0v) is 17.5. The molecule has 1 fully saturated rings. The summed E-state index contributed by atoms with van der Waals surface area (Å²) >= 11 is 0. The van der Waals surface area contributed by atoms with Crippen LogP contribution >= 0.6 is 0 Å². The lowest BCUT2D eigenvalue weighted by atomic mass is 9.99. The molecule has 1 saturated heterocycles. The standard InChI is InChI=1S/C19H27N3O6S/c1-3-28-18(24)11-10-17(23)20-21-19(25)15-5-4-12-22(13-15)29(26,27)16-8-6-14(2)7-9-16/h6-9,15H,3-5,10-13H2,1-2H3,(H,20,23)(H,21,25)/t15-/m0/s1. The van der Waals surface area contributed by atoms with E-state index in [-0.39, 0.29) is 30.9 Å². The Morgan fingerprint density at radius 1 is 1.14 bits per heavy atom. The fraction of sp³-hybridized carbons (Fsp3) is 0.526. The van der Waals surface area contributed by atoms with E-state index in [4.69, 9.17) is 4.74 Å². The minimum atomic E-state index is -3.69. The lowest BCUT2D eigenvalue weighted by Gasteiger charge is -2.31. The van der Waals surface area contributed by atoms with Crippen molar-refractivity contribution in [2.24, 2.45) is 5.92 Å². The van der Waals surface area contributed by atoms with Gasteiger partial charge in [0.25, 0.3) is 0 Å². The molecule has 1 aliphatic rings. The Hall–Kier alpha value is -2.46. The quantitative estimate of drug-likeness (QED) is 0.494. The molecule has 0 radical (unpaired) electrons. The van der Waals surface area contributed by atoms with Gasteiger partial charge in [-0.15, -0.1) is 0 Å². The number of hydrazine groups is 1. The van der Waals surface area contributed by atoms with Crippen molar-refractivity contribution in [2.75, 3.05) is 19.7 Å². The summed E-state index contributed by atoms with van der Waals surface area (Å²) in [5.41, 5.74) is 5.53. The van der Waals surface area contributed by atoms with Crippen molar-refractivity contribution in [1.29, 1.82) is 0 Å². The number of piperidine rings is 1. The Balaban J connectivity index is 1.88. The minimum absolute atomic E-state index is 0.0424. The molecule has 2 N–H and O–H groups in total. The number of hydrogen-bond acceptors (Lipinski definition) is 6. The van der Waals surface area contributed by atoms with Crippen molar-refractivity contribution >= 4 is 27.8 Å². The van der Waals surface area contributed by atoms with Crippen LogP contribution in [0.15, 0.2) is 29.2 Å². The van der Waals surface area contributed by atoms with Gasteiger partial charge >= 0.3 is 5.97 Å². The van der Waals surface area contributed by atoms with E-state index in [1.54, 1.807) is 31.2 Å². The molecule has 0 spiro atoms. The van der Waals surface area contributed by atoms with Gasteiger partial charge in [0.1, 0.15) is 0 Å². The average molecular weight is 426 g/mol. The third kappa shape index (κ3) is 6.53. The van der Waals surface area contributed by atoms with Gasteiger partial charge in [0.05, 0.1) is 23.8 Å². The third-order valence-electron chi connectivity index (χ3n) is 4.60. The molecular formula is C19H27N3O6S. The molecule has 0 bridgehead atoms. The van der Waals surface area contributed by atoms with E-state index >= 15 is 0 Å². The lowest BCUT2D eigenvalue weighted by molar-refractivity contribution is -0.144. The van der Waals surface area contributed by atoms with E-state index in [0.717, 1.165) is 5.56 Å². The molecule has 2 amide bonds. The number of esters is 1. The van der Waals surface area contributed by atoms with Crippen LogP contribution in [0.3, 0.4) is 0 Å². The molecule has 0 aliphatic carbocycles. The van der Waals surface area contributed by atoms with Crippen LogP contribution < -0.4 is 10.9 Å². The van der Waals surface area contributed by atoms with E-state index in [9.17, 15) is 22.8 Å². The van der Waals surface area contributed by atoms with Gasteiger partial charge < -0.3 is 4.74 Å². The molecule has 9 nitrogen and oxygen atoms in total. The van der Waals surface area contributed by atoms with Crippen LogP contribution in [0, 0.1) is 12.8 Å². The van der Waals surface area contributed by atoms with Crippen molar-refractivity contribution < 1.29 is 27.5 Å². The topological polar surface area (TPSA) is 122 Å². The highest BCUT2D eigenvalue weighted by molar-refractivity contribution is 7.89. The SMILES string of the molecule is CCOC(=O)CCC(=O)NNC(=O)[C@H]1CCCN(S(=O)(=O)c2ccc(C)cc2)C1.